The highest BCUT2D eigenvalue weighted by molar-refractivity contribution is 7.17. The highest BCUT2D eigenvalue weighted by atomic mass is 32.1. The van der Waals surface area contributed by atoms with Gasteiger partial charge in [-0.2, -0.15) is 0 Å². The molecule has 8 nitrogen and oxygen atoms in total. The topological polar surface area (TPSA) is 94.6 Å². The van der Waals surface area contributed by atoms with Gasteiger partial charge in [0.2, 0.25) is 0 Å². The smallest absolute Gasteiger partial charge is 0.321 e. The van der Waals surface area contributed by atoms with Gasteiger partial charge in [-0.05, 0) is 82.2 Å². The van der Waals surface area contributed by atoms with Crippen LogP contribution in [0, 0.1) is 24.6 Å². The lowest BCUT2D eigenvalue weighted by atomic mass is 9.87. The molecule has 0 unspecified atom stereocenters. The molecule has 2 amide bonds. The number of amides is 2. The van der Waals surface area contributed by atoms with Crippen LogP contribution in [-0.4, -0.2) is 77.7 Å². The Balaban J connectivity index is 1.38. The van der Waals surface area contributed by atoms with E-state index < -0.39 is 0 Å². The van der Waals surface area contributed by atoms with Crippen LogP contribution in [0.25, 0.3) is 0 Å². The maximum atomic E-state index is 13.3. The van der Waals surface area contributed by atoms with Crippen molar-refractivity contribution in [2.75, 3.05) is 44.6 Å². The summed E-state index contributed by atoms with van der Waals surface area (Å²) < 4.78 is 13.3. The number of ketones is 2. The predicted molar refractivity (Wildman–Crippen MR) is 147 cm³/mol. The number of carbonyl (C=O) groups excluding carboxylic acids is 3. The minimum absolute atomic E-state index is 0.0695. The van der Waals surface area contributed by atoms with Crippen molar-refractivity contribution in [2.45, 2.75) is 52.5 Å². The third-order valence-corrected chi connectivity index (χ3v) is 8.65. The molecule has 2 saturated heterocycles. The number of piperidine rings is 2. The number of aromatic nitrogens is 1. The fraction of sp³-hybridized carbons (Fsp3) is 0.571. The number of likely N-dealkylation sites (tertiary alicyclic amines) is 2. The van der Waals surface area contributed by atoms with Crippen LogP contribution in [0.2, 0.25) is 0 Å². The van der Waals surface area contributed by atoms with Crippen molar-refractivity contribution in [2.24, 2.45) is 11.8 Å². The molecule has 2 N–H and O–H groups in total. The first-order valence-electron chi connectivity index (χ1n) is 13.4. The minimum Gasteiger partial charge on any atom is -0.333 e. The molecule has 0 saturated carbocycles. The van der Waals surface area contributed by atoms with E-state index in [1.807, 2.05) is 12.1 Å². The molecule has 3 atom stereocenters. The van der Waals surface area contributed by atoms with E-state index in [0.717, 1.165) is 57.4 Å². The number of urea groups is 1. The molecule has 1 aromatic carbocycles. The van der Waals surface area contributed by atoms with Gasteiger partial charge < -0.3 is 10.2 Å². The summed E-state index contributed by atoms with van der Waals surface area (Å²) in [6, 6.07) is 6.34. The molecule has 206 valence electrons. The first kappa shape index (κ1) is 28.3. The molecule has 3 heterocycles. The van der Waals surface area contributed by atoms with Gasteiger partial charge in [0, 0.05) is 32.6 Å². The lowest BCUT2D eigenvalue weighted by Crippen LogP contribution is -2.57. The fourth-order valence-electron chi connectivity index (χ4n) is 5.76. The zero-order chi connectivity index (χ0) is 27.2. The summed E-state index contributed by atoms with van der Waals surface area (Å²) in [5.74, 6) is 0.605. The maximum Gasteiger partial charge on any atom is 0.321 e. The van der Waals surface area contributed by atoms with Gasteiger partial charge in [-0.15, -0.1) is 0 Å². The van der Waals surface area contributed by atoms with Crippen molar-refractivity contribution < 1.29 is 18.8 Å². The van der Waals surface area contributed by atoms with Gasteiger partial charge in [-0.1, -0.05) is 23.5 Å². The number of carbonyl (C=O) groups is 3. The SMILES string of the molecule is CC(=O)CN1CC[C@@H](CN2CCC[C@@H](Cc3ccc(F)cc3)C2)[C@@H](NC(=O)Nc2nc(C)c(C(C)=O)s2)C1. The Morgan fingerprint density at radius 1 is 1.08 bits per heavy atom. The highest BCUT2D eigenvalue weighted by Gasteiger charge is 2.33. The lowest BCUT2D eigenvalue weighted by Gasteiger charge is -2.42. The summed E-state index contributed by atoms with van der Waals surface area (Å²) in [6.07, 6.45) is 4.11. The van der Waals surface area contributed by atoms with E-state index in [4.69, 9.17) is 0 Å². The largest absolute Gasteiger partial charge is 0.333 e. The zero-order valence-electron chi connectivity index (χ0n) is 22.5. The average molecular weight is 544 g/mol. The molecule has 0 aliphatic carbocycles. The maximum absolute atomic E-state index is 13.3. The number of hydrogen-bond acceptors (Lipinski definition) is 7. The van der Waals surface area contributed by atoms with Gasteiger partial charge >= 0.3 is 6.03 Å². The summed E-state index contributed by atoms with van der Waals surface area (Å²) in [6.45, 7) is 9.54. The second-order valence-corrected chi connectivity index (χ2v) is 11.8. The second kappa shape index (κ2) is 12.9. The molecule has 2 aliphatic heterocycles. The third kappa shape index (κ3) is 7.91. The lowest BCUT2D eigenvalue weighted by molar-refractivity contribution is -0.118. The molecule has 0 bridgehead atoms. The Morgan fingerprint density at radius 3 is 2.53 bits per heavy atom. The number of anilines is 1. The van der Waals surface area contributed by atoms with E-state index in [9.17, 15) is 18.8 Å². The van der Waals surface area contributed by atoms with Gasteiger partial charge in [0.25, 0.3) is 0 Å². The Bertz CT molecular complexity index is 1140. The number of halogens is 1. The van der Waals surface area contributed by atoms with Crippen LogP contribution in [0.3, 0.4) is 0 Å². The van der Waals surface area contributed by atoms with Crippen LogP contribution in [-0.2, 0) is 11.2 Å². The molecule has 38 heavy (non-hydrogen) atoms. The molecule has 1 aromatic heterocycles. The van der Waals surface area contributed by atoms with Crippen molar-refractivity contribution in [3.8, 4) is 0 Å². The number of nitrogens with one attached hydrogen (secondary N) is 2. The number of benzene rings is 1. The van der Waals surface area contributed by atoms with E-state index in [-0.39, 0.29) is 35.4 Å². The van der Waals surface area contributed by atoms with Crippen molar-refractivity contribution in [3.05, 3.63) is 46.2 Å². The van der Waals surface area contributed by atoms with Crippen LogP contribution in [0.5, 0.6) is 0 Å². The fourth-order valence-corrected chi connectivity index (χ4v) is 6.61. The van der Waals surface area contributed by atoms with Gasteiger partial charge in [0.1, 0.15) is 11.6 Å². The summed E-state index contributed by atoms with van der Waals surface area (Å²) >= 11 is 1.18. The molecule has 4 rings (SSSR count). The summed E-state index contributed by atoms with van der Waals surface area (Å²) in [5.41, 5.74) is 1.78. The number of Topliss-reactive ketones (excluding diaryl/α,β-unsaturated/α-hetero) is 2. The molecule has 2 aliphatic rings. The number of nitrogens with zero attached hydrogens (tertiary/aromatic N) is 3. The van der Waals surface area contributed by atoms with Crippen molar-refractivity contribution in [3.63, 3.8) is 0 Å². The standard InChI is InChI=1S/C28H38FN5O3S/c1-18(35)14-34-12-10-23(16-33-11-4-5-22(15-33)13-21-6-8-24(29)9-7-21)25(17-34)31-27(37)32-28-30-19(2)26(38-28)20(3)36/h6-9,22-23,25H,4-5,10-17H2,1-3H3,(H2,30,31,32,37)/t22-,23-,25-/m0/s1. The number of aryl methyl sites for hydroxylation is 1. The van der Waals surface area contributed by atoms with Crippen molar-refractivity contribution in [1.29, 1.82) is 0 Å². The predicted octanol–water partition coefficient (Wildman–Crippen LogP) is 4.15. The highest BCUT2D eigenvalue weighted by Crippen LogP contribution is 2.26. The molecular weight excluding hydrogens is 505 g/mol. The van der Waals surface area contributed by atoms with E-state index in [1.165, 1.54) is 30.4 Å². The Kier molecular flexibility index (Phi) is 9.62. The first-order valence-corrected chi connectivity index (χ1v) is 14.2. The van der Waals surface area contributed by atoms with E-state index in [1.54, 1.807) is 13.8 Å². The van der Waals surface area contributed by atoms with Crippen LogP contribution in [0.4, 0.5) is 14.3 Å². The average Bonchev–Trinajstić information content (AvgIpc) is 3.22. The molecule has 2 aromatic rings. The second-order valence-electron chi connectivity index (χ2n) is 10.8. The van der Waals surface area contributed by atoms with Crippen LogP contribution in [0.1, 0.15) is 54.0 Å². The molecule has 0 spiro atoms. The summed E-state index contributed by atoms with van der Waals surface area (Å²) in [7, 11) is 0. The molecular formula is C28H38FN5O3S. The molecule has 10 heteroatoms. The minimum atomic E-state index is -0.346. The van der Waals surface area contributed by atoms with E-state index in [0.29, 0.717) is 34.7 Å². The Morgan fingerprint density at radius 2 is 1.84 bits per heavy atom. The van der Waals surface area contributed by atoms with Crippen LogP contribution >= 0.6 is 11.3 Å². The van der Waals surface area contributed by atoms with Gasteiger partial charge in [-0.3, -0.25) is 19.8 Å². The number of rotatable bonds is 9. The normalized spacial score (nSPS) is 22.7. The van der Waals surface area contributed by atoms with E-state index >= 15 is 0 Å². The van der Waals surface area contributed by atoms with Crippen LogP contribution < -0.4 is 10.6 Å². The molecule has 2 fully saturated rings. The summed E-state index contributed by atoms with van der Waals surface area (Å²) in [4.78, 5) is 46.0. The zero-order valence-corrected chi connectivity index (χ0v) is 23.3. The summed E-state index contributed by atoms with van der Waals surface area (Å²) in [5, 5.41) is 6.34. The third-order valence-electron chi connectivity index (χ3n) is 7.47. The van der Waals surface area contributed by atoms with Crippen LogP contribution in [0.15, 0.2) is 24.3 Å². The Labute approximate surface area is 228 Å². The van der Waals surface area contributed by atoms with Gasteiger partial charge in [0.05, 0.1) is 17.1 Å². The van der Waals surface area contributed by atoms with Gasteiger partial charge in [0.15, 0.2) is 10.9 Å². The number of thiazole rings is 1. The monoisotopic (exact) mass is 543 g/mol. The van der Waals surface area contributed by atoms with Crippen molar-refractivity contribution >= 4 is 34.1 Å². The quantitative estimate of drug-likeness (QED) is 0.462. The molecule has 0 radical (unpaired) electrons. The number of hydrogen-bond donors (Lipinski definition) is 2. The first-order chi connectivity index (χ1) is 18.2. The van der Waals surface area contributed by atoms with Gasteiger partial charge in [-0.25, -0.2) is 14.2 Å². The Hall–Kier alpha value is -2.69. The van der Waals surface area contributed by atoms with Crippen molar-refractivity contribution in [1.82, 2.24) is 20.1 Å². The van der Waals surface area contributed by atoms with E-state index in [2.05, 4.69) is 25.4 Å².